The van der Waals surface area contributed by atoms with Crippen LogP contribution in [0, 0.1) is 23.0 Å². The van der Waals surface area contributed by atoms with Crippen LogP contribution in [0.3, 0.4) is 0 Å². The maximum atomic E-state index is 10.7. The van der Waals surface area contributed by atoms with Crippen molar-refractivity contribution in [2.45, 2.75) is 32.0 Å². The molecule has 1 aromatic carbocycles. The predicted molar refractivity (Wildman–Crippen MR) is 74.1 cm³/mol. The first kappa shape index (κ1) is 14.5. The highest BCUT2D eigenvalue weighted by Gasteiger charge is 2.17. The Bertz CT molecular complexity index is 435. The minimum absolute atomic E-state index is 0.0245. The van der Waals surface area contributed by atoms with Crippen LogP contribution in [0.4, 0.5) is 5.69 Å². The maximum Gasteiger partial charge on any atom is 0.288 e. The van der Waals surface area contributed by atoms with Crippen molar-refractivity contribution in [3.8, 4) is 0 Å². The molecule has 0 N–H and O–H groups in total. The monoisotopic (exact) mass is 319 g/mol. The Labute approximate surface area is 114 Å². The third-order valence-corrected chi connectivity index (χ3v) is 4.42. The zero-order chi connectivity index (χ0) is 13.2. The van der Waals surface area contributed by atoms with Crippen molar-refractivity contribution in [1.82, 2.24) is 0 Å². The second-order valence-corrected chi connectivity index (χ2v) is 6.03. The van der Waals surface area contributed by atoms with E-state index in [1.165, 1.54) is 6.07 Å². The van der Waals surface area contributed by atoms with Gasteiger partial charge in [-0.2, -0.15) is 0 Å². The number of halogens is 2. The summed E-state index contributed by atoms with van der Waals surface area (Å²) in [7, 11) is 0. The lowest BCUT2D eigenvalue weighted by Crippen LogP contribution is -2.11. The predicted octanol–water partition coefficient (Wildman–Crippen LogP) is 4.52. The summed E-state index contributed by atoms with van der Waals surface area (Å²) in [4.78, 5) is 10.6. The molecule has 94 valence electrons. The first-order valence-electron chi connectivity index (χ1n) is 5.40. The lowest BCUT2D eigenvalue weighted by Gasteiger charge is -2.15. The van der Waals surface area contributed by atoms with Gasteiger partial charge in [-0.05, 0) is 36.5 Å². The summed E-state index contributed by atoms with van der Waals surface area (Å²) in [5.41, 5.74) is 1.94. The molecule has 1 unspecified atom stereocenters. The van der Waals surface area contributed by atoms with Crippen molar-refractivity contribution in [1.29, 1.82) is 0 Å². The van der Waals surface area contributed by atoms with Crippen LogP contribution in [-0.2, 0) is 6.42 Å². The maximum absolute atomic E-state index is 10.7. The van der Waals surface area contributed by atoms with Crippen molar-refractivity contribution in [2.24, 2.45) is 5.92 Å². The van der Waals surface area contributed by atoms with Crippen LogP contribution < -0.4 is 0 Å². The molecule has 0 saturated heterocycles. The van der Waals surface area contributed by atoms with Crippen LogP contribution >= 0.6 is 27.5 Å². The lowest BCUT2D eigenvalue weighted by molar-refractivity contribution is -0.384. The second-order valence-electron chi connectivity index (χ2n) is 4.45. The van der Waals surface area contributed by atoms with Crippen molar-refractivity contribution in [3.63, 3.8) is 0 Å². The highest BCUT2D eigenvalue weighted by atomic mass is 79.9. The molecule has 0 radical (unpaired) electrons. The Balaban J connectivity index is 3.03. The van der Waals surface area contributed by atoms with Crippen LogP contribution in [-0.4, -0.2) is 9.75 Å². The Morgan fingerprint density at radius 2 is 2.06 bits per heavy atom. The van der Waals surface area contributed by atoms with E-state index in [4.69, 9.17) is 11.6 Å². The standard InChI is InChI=1S/C12H15BrClNO2/c1-7(2)10(13)5-9-6-11(14)12(15(16)17)4-8(9)3/h4,6-7,10H,5H2,1-3H3. The summed E-state index contributed by atoms with van der Waals surface area (Å²) >= 11 is 9.51. The average molecular weight is 321 g/mol. The molecule has 0 bridgehead atoms. The SMILES string of the molecule is Cc1cc([N+](=O)[O-])c(Cl)cc1CC(Br)C(C)C. The molecular weight excluding hydrogens is 305 g/mol. The number of benzene rings is 1. The smallest absolute Gasteiger partial charge is 0.258 e. The molecule has 0 saturated carbocycles. The highest BCUT2D eigenvalue weighted by molar-refractivity contribution is 9.09. The summed E-state index contributed by atoms with van der Waals surface area (Å²) in [6.45, 7) is 6.13. The fourth-order valence-corrected chi connectivity index (χ4v) is 2.12. The quantitative estimate of drug-likeness (QED) is 0.465. The van der Waals surface area contributed by atoms with Gasteiger partial charge in [-0.15, -0.1) is 0 Å². The van der Waals surface area contributed by atoms with Crippen molar-refractivity contribution in [3.05, 3.63) is 38.4 Å². The van der Waals surface area contributed by atoms with Crippen LogP contribution in [0.1, 0.15) is 25.0 Å². The van der Waals surface area contributed by atoms with Crippen LogP contribution in [0.15, 0.2) is 12.1 Å². The normalized spacial score (nSPS) is 12.8. The third-order valence-electron chi connectivity index (χ3n) is 2.74. The van der Waals surface area contributed by atoms with Gasteiger partial charge in [0, 0.05) is 10.9 Å². The van der Waals surface area contributed by atoms with Gasteiger partial charge in [-0.25, -0.2) is 0 Å². The number of nitro benzene ring substituents is 1. The molecule has 17 heavy (non-hydrogen) atoms. The van der Waals surface area contributed by atoms with Gasteiger partial charge in [0.1, 0.15) is 5.02 Å². The van der Waals surface area contributed by atoms with Gasteiger partial charge in [-0.3, -0.25) is 10.1 Å². The Hall–Kier alpha value is -0.610. The zero-order valence-electron chi connectivity index (χ0n) is 10.0. The molecule has 0 aliphatic heterocycles. The van der Waals surface area contributed by atoms with Crippen molar-refractivity contribution >= 4 is 33.2 Å². The number of hydrogen-bond donors (Lipinski definition) is 0. The van der Waals surface area contributed by atoms with Gasteiger partial charge in [0.15, 0.2) is 0 Å². The minimum atomic E-state index is -0.451. The molecule has 0 amide bonds. The van der Waals surface area contributed by atoms with E-state index in [1.807, 2.05) is 6.92 Å². The lowest BCUT2D eigenvalue weighted by atomic mass is 9.98. The Morgan fingerprint density at radius 3 is 2.53 bits per heavy atom. The first-order chi connectivity index (χ1) is 7.82. The van der Waals surface area contributed by atoms with E-state index in [2.05, 4.69) is 29.8 Å². The van der Waals surface area contributed by atoms with Gasteiger partial charge in [0.25, 0.3) is 5.69 Å². The number of alkyl halides is 1. The molecule has 3 nitrogen and oxygen atoms in total. The number of nitro groups is 1. The molecule has 0 aliphatic rings. The third kappa shape index (κ3) is 3.68. The summed E-state index contributed by atoms with van der Waals surface area (Å²) in [5.74, 6) is 0.503. The number of hydrogen-bond acceptors (Lipinski definition) is 2. The Kier molecular flexibility index (Phi) is 4.95. The molecule has 0 aromatic heterocycles. The average Bonchev–Trinajstić information content (AvgIpc) is 2.22. The number of nitrogens with zero attached hydrogens (tertiary/aromatic N) is 1. The molecule has 1 atom stereocenters. The molecule has 1 rings (SSSR count). The van der Waals surface area contributed by atoms with E-state index in [-0.39, 0.29) is 10.7 Å². The van der Waals surface area contributed by atoms with E-state index in [9.17, 15) is 10.1 Å². The van der Waals surface area contributed by atoms with E-state index in [0.717, 1.165) is 17.5 Å². The summed E-state index contributed by atoms with van der Waals surface area (Å²) in [5, 5.41) is 10.9. The molecule has 1 aromatic rings. The largest absolute Gasteiger partial charge is 0.288 e. The fraction of sp³-hybridized carbons (Fsp3) is 0.500. The number of aryl methyl sites for hydroxylation is 1. The van der Waals surface area contributed by atoms with E-state index in [1.54, 1.807) is 6.07 Å². The van der Waals surface area contributed by atoms with Gasteiger partial charge >= 0.3 is 0 Å². The number of rotatable bonds is 4. The van der Waals surface area contributed by atoms with Crippen molar-refractivity contribution in [2.75, 3.05) is 0 Å². The minimum Gasteiger partial charge on any atom is -0.258 e. The first-order valence-corrected chi connectivity index (χ1v) is 6.69. The molecular formula is C12H15BrClNO2. The molecule has 0 fully saturated rings. The zero-order valence-corrected chi connectivity index (χ0v) is 12.4. The van der Waals surface area contributed by atoms with Crippen LogP contribution in [0.2, 0.25) is 5.02 Å². The van der Waals surface area contributed by atoms with E-state index < -0.39 is 4.92 Å². The molecule has 5 heteroatoms. The second kappa shape index (κ2) is 5.83. The van der Waals surface area contributed by atoms with Gasteiger partial charge in [0.2, 0.25) is 0 Å². The van der Waals surface area contributed by atoms with Gasteiger partial charge in [-0.1, -0.05) is 41.4 Å². The van der Waals surface area contributed by atoms with Crippen LogP contribution in [0.25, 0.3) is 0 Å². The van der Waals surface area contributed by atoms with Gasteiger partial charge in [0.05, 0.1) is 4.92 Å². The van der Waals surface area contributed by atoms with Crippen LogP contribution in [0.5, 0.6) is 0 Å². The summed E-state index contributed by atoms with van der Waals surface area (Å²) < 4.78 is 0. The van der Waals surface area contributed by atoms with E-state index >= 15 is 0 Å². The molecule has 0 heterocycles. The highest BCUT2D eigenvalue weighted by Crippen LogP contribution is 2.30. The summed E-state index contributed by atoms with van der Waals surface area (Å²) in [6.07, 6.45) is 0.821. The molecule has 0 spiro atoms. The van der Waals surface area contributed by atoms with Gasteiger partial charge < -0.3 is 0 Å². The summed E-state index contributed by atoms with van der Waals surface area (Å²) in [6, 6.07) is 3.24. The van der Waals surface area contributed by atoms with Crippen molar-refractivity contribution < 1.29 is 4.92 Å². The molecule has 0 aliphatic carbocycles. The Morgan fingerprint density at radius 1 is 1.47 bits per heavy atom. The van der Waals surface area contributed by atoms with E-state index in [0.29, 0.717) is 10.7 Å². The topological polar surface area (TPSA) is 43.1 Å². The fourth-order valence-electron chi connectivity index (χ4n) is 1.51.